The third-order valence-electron chi connectivity index (χ3n) is 4.22. The van der Waals surface area contributed by atoms with Crippen LogP contribution in [0.2, 0.25) is 5.15 Å². The average Bonchev–Trinajstić information content (AvgIpc) is 2.66. The number of fused-ring (bicyclic) bond motifs is 1. The fraction of sp³-hybridized carbons (Fsp3) is 0.0476. The second kappa shape index (κ2) is 6.54. The largest absolute Gasteiger partial charge is 0.284 e. The summed E-state index contributed by atoms with van der Waals surface area (Å²) in [6.45, 7) is 0. The molecule has 0 amide bonds. The quantitative estimate of drug-likeness (QED) is 0.508. The number of pyridine rings is 3. The van der Waals surface area contributed by atoms with E-state index in [9.17, 15) is 4.79 Å². The van der Waals surface area contributed by atoms with Gasteiger partial charge in [0.05, 0.1) is 5.52 Å². The topological polar surface area (TPSA) is 34.4 Å². The van der Waals surface area contributed by atoms with Gasteiger partial charge < -0.3 is 0 Å². The number of hydrogen-bond acceptors (Lipinski definition) is 2. The fourth-order valence-corrected chi connectivity index (χ4v) is 3.13. The van der Waals surface area contributed by atoms with Gasteiger partial charge >= 0.3 is 0 Å². The monoisotopic (exact) mass is 346 g/mol. The minimum atomic E-state index is -0.0141. The van der Waals surface area contributed by atoms with E-state index in [1.165, 1.54) is 0 Å². The molecule has 0 saturated heterocycles. The molecule has 3 nitrogen and oxygen atoms in total. The number of halogens is 1. The van der Waals surface area contributed by atoms with Gasteiger partial charge in [-0.1, -0.05) is 54.1 Å². The summed E-state index contributed by atoms with van der Waals surface area (Å²) in [6, 6.07) is 21.3. The van der Waals surface area contributed by atoms with Crippen LogP contribution in [-0.2, 0) is 6.42 Å². The smallest absolute Gasteiger partial charge is 0.262 e. The van der Waals surface area contributed by atoms with E-state index in [0.29, 0.717) is 17.1 Å². The van der Waals surface area contributed by atoms with Gasteiger partial charge in [-0.05, 0) is 41.0 Å². The maximum absolute atomic E-state index is 12.9. The Kier molecular flexibility index (Phi) is 4.08. The standard InChI is InChI=1S/C21H15ClN2O/c22-20-10-9-15(14-23-20)12-17-13-18(16-6-2-1-3-7-16)21(25)24-11-5-4-8-19(17)24/h1-11,13-14H,12H2. The van der Waals surface area contributed by atoms with Crippen LogP contribution in [0.5, 0.6) is 0 Å². The lowest BCUT2D eigenvalue weighted by Gasteiger charge is -2.11. The Morgan fingerprint density at radius 1 is 0.960 bits per heavy atom. The number of rotatable bonds is 3. The second-order valence-electron chi connectivity index (χ2n) is 5.88. The molecule has 0 aliphatic heterocycles. The molecule has 1 aromatic carbocycles. The van der Waals surface area contributed by atoms with Gasteiger partial charge in [-0.3, -0.25) is 9.20 Å². The lowest BCUT2D eigenvalue weighted by atomic mass is 10.00. The normalized spacial score (nSPS) is 10.9. The fourth-order valence-electron chi connectivity index (χ4n) is 3.02. The Bertz CT molecular complexity index is 1090. The predicted molar refractivity (Wildman–Crippen MR) is 101 cm³/mol. The zero-order valence-corrected chi connectivity index (χ0v) is 14.1. The second-order valence-corrected chi connectivity index (χ2v) is 6.26. The summed E-state index contributed by atoms with van der Waals surface area (Å²) >= 11 is 5.88. The highest BCUT2D eigenvalue weighted by atomic mass is 35.5. The molecule has 0 aliphatic carbocycles. The van der Waals surface area contributed by atoms with Gasteiger partial charge in [0.15, 0.2) is 0 Å². The summed E-state index contributed by atoms with van der Waals surface area (Å²) in [5.74, 6) is 0. The molecule has 0 saturated carbocycles. The lowest BCUT2D eigenvalue weighted by Crippen LogP contribution is -2.17. The molecule has 0 radical (unpaired) electrons. The van der Waals surface area contributed by atoms with Crippen molar-refractivity contribution < 1.29 is 0 Å². The highest BCUT2D eigenvalue weighted by Crippen LogP contribution is 2.22. The van der Waals surface area contributed by atoms with E-state index in [1.807, 2.05) is 66.9 Å². The van der Waals surface area contributed by atoms with Crippen LogP contribution in [0.3, 0.4) is 0 Å². The van der Waals surface area contributed by atoms with Crippen molar-refractivity contribution in [3.8, 4) is 11.1 Å². The van der Waals surface area contributed by atoms with Crippen molar-refractivity contribution in [3.05, 3.63) is 106 Å². The van der Waals surface area contributed by atoms with Crippen LogP contribution in [0.1, 0.15) is 11.1 Å². The molecular formula is C21H15ClN2O. The summed E-state index contributed by atoms with van der Waals surface area (Å²) < 4.78 is 1.71. The van der Waals surface area contributed by atoms with Crippen LogP contribution in [0.4, 0.5) is 0 Å². The molecule has 0 bridgehead atoms. The van der Waals surface area contributed by atoms with E-state index in [2.05, 4.69) is 4.98 Å². The van der Waals surface area contributed by atoms with Crippen molar-refractivity contribution in [2.45, 2.75) is 6.42 Å². The molecule has 4 rings (SSSR count). The van der Waals surface area contributed by atoms with Gasteiger partial charge in [0.25, 0.3) is 5.56 Å². The maximum atomic E-state index is 12.9. The van der Waals surface area contributed by atoms with Gasteiger partial charge in [0, 0.05) is 24.4 Å². The number of nitrogens with zero attached hydrogens (tertiary/aromatic N) is 2. The molecule has 4 heteroatoms. The molecule has 0 aliphatic rings. The molecule has 0 atom stereocenters. The van der Waals surface area contributed by atoms with Gasteiger partial charge in [0.1, 0.15) is 5.15 Å². The minimum absolute atomic E-state index is 0.0141. The first kappa shape index (κ1) is 15.6. The first-order valence-corrected chi connectivity index (χ1v) is 8.39. The Morgan fingerprint density at radius 2 is 1.76 bits per heavy atom. The van der Waals surface area contributed by atoms with E-state index in [0.717, 1.165) is 22.2 Å². The Balaban J connectivity index is 1.92. The summed E-state index contributed by atoms with van der Waals surface area (Å²) in [4.78, 5) is 17.1. The van der Waals surface area contributed by atoms with Crippen molar-refractivity contribution in [2.24, 2.45) is 0 Å². The number of benzene rings is 1. The molecule has 0 spiro atoms. The Hall–Kier alpha value is -2.91. The first-order chi connectivity index (χ1) is 12.2. The van der Waals surface area contributed by atoms with Crippen molar-refractivity contribution in [1.82, 2.24) is 9.38 Å². The Labute approximate surface area is 150 Å². The van der Waals surface area contributed by atoms with Crippen LogP contribution >= 0.6 is 11.6 Å². The van der Waals surface area contributed by atoms with Crippen molar-refractivity contribution in [2.75, 3.05) is 0 Å². The van der Waals surface area contributed by atoms with Gasteiger partial charge in [-0.15, -0.1) is 0 Å². The molecule has 4 aromatic rings. The summed E-state index contributed by atoms with van der Waals surface area (Å²) in [6.07, 6.45) is 4.26. The van der Waals surface area contributed by atoms with E-state index >= 15 is 0 Å². The maximum Gasteiger partial charge on any atom is 0.262 e. The minimum Gasteiger partial charge on any atom is -0.284 e. The SMILES string of the molecule is O=c1c(-c2ccccc2)cc(Cc2ccc(Cl)nc2)c2ccccn12. The van der Waals surface area contributed by atoms with Crippen LogP contribution in [-0.4, -0.2) is 9.38 Å². The van der Waals surface area contributed by atoms with Gasteiger partial charge in [0.2, 0.25) is 0 Å². The van der Waals surface area contributed by atoms with Crippen molar-refractivity contribution in [3.63, 3.8) is 0 Å². The van der Waals surface area contributed by atoms with Gasteiger partial charge in [-0.2, -0.15) is 0 Å². The van der Waals surface area contributed by atoms with Crippen LogP contribution < -0.4 is 5.56 Å². The van der Waals surface area contributed by atoms with E-state index in [1.54, 1.807) is 16.7 Å². The highest BCUT2D eigenvalue weighted by Gasteiger charge is 2.11. The van der Waals surface area contributed by atoms with Crippen LogP contribution in [0.25, 0.3) is 16.6 Å². The van der Waals surface area contributed by atoms with Gasteiger partial charge in [-0.25, -0.2) is 4.98 Å². The van der Waals surface area contributed by atoms with Crippen LogP contribution in [0.15, 0.2) is 83.9 Å². The molecule has 0 fully saturated rings. The molecule has 3 aromatic heterocycles. The number of aromatic nitrogens is 2. The molecule has 25 heavy (non-hydrogen) atoms. The van der Waals surface area contributed by atoms with Crippen molar-refractivity contribution in [1.29, 1.82) is 0 Å². The Morgan fingerprint density at radius 3 is 2.52 bits per heavy atom. The summed E-state index contributed by atoms with van der Waals surface area (Å²) in [5.41, 5.74) is 4.63. The van der Waals surface area contributed by atoms with Crippen LogP contribution in [0, 0.1) is 0 Å². The molecule has 3 heterocycles. The lowest BCUT2D eigenvalue weighted by molar-refractivity contribution is 1.06. The summed E-state index contributed by atoms with van der Waals surface area (Å²) in [5, 5.41) is 0.475. The van der Waals surface area contributed by atoms with E-state index < -0.39 is 0 Å². The average molecular weight is 347 g/mol. The highest BCUT2D eigenvalue weighted by molar-refractivity contribution is 6.29. The number of hydrogen-bond donors (Lipinski definition) is 0. The molecular weight excluding hydrogens is 332 g/mol. The van der Waals surface area contributed by atoms with Crippen molar-refractivity contribution >= 4 is 17.1 Å². The predicted octanol–water partition coefficient (Wildman–Crippen LogP) is 4.61. The van der Waals surface area contributed by atoms with E-state index in [4.69, 9.17) is 11.6 Å². The molecule has 122 valence electrons. The zero-order valence-electron chi connectivity index (χ0n) is 13.4. The third-order valence-corrected chi connectivity index (χ3v) is 4.45. The van der Waals surface area contributed by atoms with E-state index in [-0.39, 0.29) is 5.56 Å². The zero-order chi connectivity index (χ0) is 17.2. The molecule has 0 unspecified atom stereocenters. The third kappa shape index (κ3) is 3.06. The summed E-state index contributed by atoms with van der Waals surface area (Å²) in [7, 11) is 0. The molecule has 0 N–H and O–H groups in total. The first-order valence-electron chi connectivity index (χ1n) is 8.01.